The van der Waals surface area contributed by atoms with Crippen molar-refractivity contribution >= 4 is 10.0 Å². The average molecular weight is 359 g/mol. The molecule has 4 nitrogen and oxygen atoms in total. The summed E-state index contributed by atoms with van der Waals surface area (Å²) in [6, 6.07) is 13.6. The first-order valence-corrected chi connectivity index (χ1v) is 10.2. The van der Waals surface area contributed by atoms with E-state index in [0.717, 1.165) is 23.3 Å². The summed E-state index contributed by atoms with van der Waals surface area (Å²) in [6.45, 7) is 7.39. The molecule has 5 heteroatoms. The van der Waals surface area contributed by atoms with E-state index in [0.29, 0.717) is 24.6 Å². The predicted molar refractivity (Wildman–Crippen MR) is 99.6 cm³/mol. The maximum Gasteiger partial charge on any atom is 0.243 e. The van der Waals surface area contributed by atoms with Crippen LogP contribution in [0.4, 0.5) is 0 Å². The van der Waals surface area contributed by atoms with Crippen molar-refractivity contribution in [2.24, 2.45) is 0 Å². The minimum Gasteiger partial charge on any atom is -0.493 e. The van der Waals surface area contributed by atoms with Crippen molar-refractivity contribution in [2.75, 3.05) is 19.7 Å². The Morgan fingerprint density at radius 1 is 1.12 bits per heavy atom. The van der Waals surface area contributed by atoms with Gasteiger partial charge in [-0.3, -0.25) is 0 Å². The van der Waals surface area contributed by atoms with Gasteiger partial charge in [0.2, 0.25) is 10.0 Å². The Hall–Kier alpha value is -1.85. The van der Waals surface area contributed by atoms with Gasteiger partial charge in [-0.15, -0.1) is 0 Å². The van der Waals surface area contributed by atoms with Crippen LogP contribution in [-0.4, -0.2) is 32.4 Å². The molecule has 0 radical (unpaired) electrons. The third-order valence-corrected chi connectivity index (χ3v) is 6.63. The van der Waals surface area contributed by atoms with Crippen molar-refractivity contribution in [2.45, 2.75) is 38.0 Å². The molecule has 1 aliphatic heterocycles. The zero-order valence-corrected chi connectivity index (χ0v) is 15.8. The van der Waals surface area contributed by atoms with Crippen LogP contribution in [0.2, 0.25) is 0 Å². The topological polar surface area (TPSA) is 46.6 Å². The fourth-order valence-corrected chi connectivity index (χ4v) is 5.20. The molecular formula is C20H25NO3S. The standard InChI is InChI=1S/C20H25NO3S/c1-4-24-20-15(2)12-19(13-16(20)3)25(22,23)21-11-10-18(14-21)17-8-6-5-7-9-17/h5-9,12-13,18H,4,10-11,14H2,1-3H3. The van der Waals surface area contributed by atoms with Crippen LogP contribution in [0.3, 0.4) is 0 Å². The van der Waals surface area contributed by atoms with Crippen LogP contribution in [-0.2, 0) is 10.0 Å². The Morgan fingerprint density at radius 2 is 1.76 bits per heavy atom. The van der Waals surface area contributed by atoms with Crippen LogP contribution in [0.15, 0.2) is 47.4 Å². The third-order valence-electron chi connectivity index (χ3n) is 4.78. The number of hydrogen-bond acceptors (Lipinski definition) is 3. The first-order chi connectivity index (χ1) is 11.9. The molecule has 1 fully saturated rings. The molecule has 1 saturated heterocycles. The second-order valence-corrected chi connectivity index (χ2v) is 8.52. The minimum absolute atomic E-state index is 0.265. The van der Waals surface area contributed by atoms with Crippen molar-refractivity contribution in [3.05, 3.63) is 59.2 Å². The molecule has 0 saturated carbocycles. The summed E-state index contributed by atoms with van der Waals surface area (Å²) in [5, 5.41) is 0. The maximum atomic E-state index is 13.1. The summed E-state index contributed by atoms with van der Waals surface area (Å²) in [5.41, 5.74) is 2.93. The lowest BCUT2D eigenvalue weighted by Crippen LogP contribution is -2.28. The van der Waals surface area contributed by atoms with E-state index in [4.69, 9.17) is 4.74 Å². The smallest absolute Gasteiger partial charge is 0.243 e. The number of nitrogens with zero attached hydrogens (tertiary/aromatic N) is 1. The molecule has 1 heterocycles. The fourth-order valence-electron chi connectivity index (χ4n) is 3.52. The lowest BCUT2D eigenvalue weighted by molar-refractivity contribution is 0.335. The number of aryl methyl sites for hydroxylation is 2. The second kappa shape index (κ2) is 7.18. The van der Waals surface area contributed by atoms with E-state index < -0.39 is 10.0 Å². The van der Waals surface area contributed by atoms with Gasteiger partial charge in [-0.1, -0.05) is 30.3 Å². The van der Waals surface area contributed by atoms with Crippen molar-refractivity contribution < 1.29 is 13.2 Å². The summed E-state index contributed by atoms with van der Waals surface area (Å²) in [6.07, 6.45) is 0.859. The number of benzene rings is 2. The predicted octanol–water partition coefficient (Wildman–Crippen LogP) is 3.88. The van der Waals surface area contributed by atoms with Gasteiger partial charge >= 0.3 is 0 Å². The zero-order valence-electron chi connectivity index (χ0n) is 15.0. The highest BCUT2D eigenvalue weighted by Gasteiger charge is 2.33. The Bertz CT molecular complexity index is 823. The van der Waals surface area contributed by atoms with Crippen LogP contribution in [0.5, 0.6) is 5.75 Å². The van der Waals surface area contributed by atoms with Crippen LogP contribution >= 0.6 is 0 Å². The molecule has 1 atom stereocenters. The molecule has 25 heavy (non-hydrogen) atoms. The van der Waals surface area contributed by atoms with Crippen molar-refractivity contribution in [3.8, 4) is 5.75 Å². The zero-order chi connectivity index (χ0) is 18.0. The molecule has 3 rings (SSSR count). The monoisotopic (exact) mass is 359 g/mol. The average Bonchev–Trinajstić information content (AvgIpc) is 3.09. The minimum atomic E-state index is -3.48. The van der Waals surface area contributed by atoms with Gasteiger partial charge in [0, 0.05) is 13.1 Å². The number of rotatable bonds is 5. The van der Waals surface area contributed by atoms with Crippen molar-refractivity contribution in [1.29, 1.82) is 0 Å². The summed E-state index contributed by atoms with van der Waals surface area (Å²) < 4.78 is 33.4. The van der Waals surface area contributed by atoms with Gasteiger partial charge in [-0.25, -0.2) is 8.42 Å². The van der Waals surface area contributed by atoms with E-state index in [1.807, 2.05) is 39.0 Å². The Balaban J connectivity index is 1.85. The Morgan fingerprint density at radius 3 is 2.36 bits per heavy atom. The lowest BCUT2D eigenvalue weighted by atomic mass is 9.99. The molecule has 134 valence electrons. The maximum absolute atomic E-state index is 13.1. The molecule has 2 aromatic carbocycles. The summed E-state index contributed by atoms with van der Waals surface area (Å²) in [4.78, 5) is 0.361. The van der Waals surface area contributed by atoms with Crippen LogP contribution in [0, 0.1) is 13.8 Å². The van der Waals surface area contributed by atoms with Gasteiger partial charge in [0.15, 0.2) is 0 Å². The number of hydrogen-bond donors (Lipinski definition) is 0. The van der Waals surface area contributed by atoms with E-state index in [1.165, 1.54) is 5.56 Å². The summed E-state index contributed by atoms with van der Waals surface area (Å²) in [5.74, 6) is 1.05. The highest BCUT2D eigenvalue weighted by molar-refractivity contribution is 7.89. The van der Waals surface area contributed by atoms with Gasteiger partial charge in [-0.2, -0.15) is 4.31 Å². The van der Waals surface area contributed by atoms with Gasteiger partial charge in [0.25, 0.3) is 0 Å². The van der Waals surface area contributed by atoms with Gasteiger partial charge in [0.05, 0.1) is 11.5 Å². The molecule has 0 N–H and O–H groups in total. The molecule has 1 aliphatic rings. The first kappa shape index (κ1) is 18.0. The third kappa shape index (κ3) is 3.58. The highest BCUT2D eigenvalue weighted by Crippen LogP contribution is 2.33. The molecule has 0 amide bonds. The quantitative estimate of drug-likeness (QED) is 0.814. The first-order valence-electron chi connectivity index (χ1n) is 8.72. The van der Waals surface area contributed by atoms with E-state index >= 15 is 0 Å². The van der Waals surface area contributed by atoms with E-state index in [2.05, 4.69) is 12.1 Å². The van der Waals surface area contributed by atoms with Gasteiger partial charge < -0.3 is 4.74 Å². The molecule has 0 aromatic heterocycles. The lowest BCUT2D eigenvalue weighted by Gasteiger charge is -2.19. The van der Waals surface area contributed by atoms with Crippen molar-refractivity contribution in [3.63, 3.8) is 0 Å². The molecule has 1 unspecified atom stereocenters. The normalized spacial score (nSPS) is 18.4. The van der Waals surface area contributed by atoms with Crippen molar-refractivity contribution in [1.82, 2.24) is 4.31 Å². The second-order valence-electron chi connectivity index (χ2n) is 6.58. The van der Waals surface area contributed by atoms with E-state index in [-0.39, 0.29) is 5.92 Å². The Labute approximate surface area is 150 Å². The van der Waals surface area contributed by atoms with Gasteiger partial charge in [0.1, 0.15) is 5.75 Å². The highest BCUT2D eigenvalue weighted by atomic mass is 32.2. The summed E-state index contributed by atoms with van der Waals surface area (Å²) >= 11 is 0. The molecule has 2 aromatic rings. The van der Waals surface area contributed by atoms with E-state index in [9.17, 15) is 8.42 Å². The Kier molecular flexibility index (Phi) is 5.16. The van der Waals surface area contributed by atoms with E-state index in [1.54, 1.807) is 16.4 Å². The molecule has 0 spiro atoms. The largest absolute Gasteiger partial charge is 0.493 e. The van der Waals surface area contributed by atoms with Crippen LogP contribution in [0.25, 0.3) is 0 Å². The van der Waals surface area contributed by atoms with Crippen LogP contribution < -0.4 is 4.74 Å². The van der Waals surface area contributed by atoms with Crippen LogP contribution in [0.1, 0.15) is 36.0 Å². The SMILES string of the molecule is CCOc1c(C)cc(S(=O)(=O)N2CCC(c3ccccc3)C2)cc1C. The molecular weight excluding hydrogens is 334 g/mol. The number of ether oxygens (including phenoxy) is 1. The number of sulfonamides is 1. The molecule has 0 aliphatic carbocycles. The fraction of sp³-hybridized carbons (Fsp3) is 0.400. The van der Waals surface area contributed by atoms with Gasteiger partial charge in [-0.05, 0) is 61.9 Å². The molecule has 0 bridgehead atoms. The summed E-state index contributed by atoms with van der Waals surface area (Å²) in [7, 11) is -3.48.